The maximum Gasteiger partial charge on any atom is 0.408 e. The molecule has 16 nitrogen and oxygen atoms in total. The van der Waals surface area contributed by atoms with E-state index in [0.29, 0.717) is 12.0 Å². The number of ketones is 1. The Balaban J connectivity index is 1.47. The highest BCUT2D eigenvalue weighted by Crippen LogP contribution is 2.64. The minimum atomic E-state index is -2.40. The van der Waals surface area contributed by atoms with Gasteiger partial charge in [-0.1, -0.05) is 108 Å². The zero-order valence-corrected chi connectivity index (χ0v) is 41.4. The number of aliphatic hydroxyl groups excluding tert-OH is 2. The van der Waals surface area contributed by atoms with E-state index < -0.39 is 118 Å². The number of aliphatic hydroxyl groups is 3. The maximum atomic E-state index is 15.2. The lowest BCUT2D eigenvalue weighted by Gasteiger charge is -2.67. The van der Waals surface area contributed by atoms with E-state index in [4.69, 9.17) is 28.4 Å². The first-order valence-electron chi connectivity index (χ1n) is 24.3. The molecule has 6 rings (SSSR count). The van der Waals surface area contributed by atoms with Gasteiger partial charge in [0.2, 0.25) is 6.10 Å². The highest BCUT2D eigenvalue weighted by Gasteiger charge is 2.78. The van der Waals surface area contributed by atoms with E-state index >= 15 is 9.59 Å². The van der Waals surface area contributed by atoms with E-state index in [2.05, 4.69) is 12.2 Å². The van der Waals surface area contributed by atoms with E-state index in [1.807, 2.05) is 0 Å². The van der Waals surface area contributed by atoms with Crippen LogP contribution in [-0.2, 0) is 47.6 Å². The van der Waals surface area contributed by atoms with Crippen molar-refractivity contribution in [2.75, 3.05) is 6.61 Å². The largest absolute Gasteiger partial charge is 0.455 e. The molecule has 0 aromatic heterocycles. The van der Waals surface area contributed by atoms with E-state index in [1.165, 1.54) is 26.0 Å². The van der Waals surface area contributed by atoms with Crippen LogP contribution in [0.2, 0.25) is 0 Å². The number of carbonyl (C=O) groups excluding carboxylic acids is 6. The molecule has 2 aromatic rings. The van der Waals surface area contributed by atoms with Crippen LogP contribution in [0.15, 0.2) is 71.8 Å². The number of amides is 1. The zero-order chi connectivity index (χ0) is 50.7. The smallest absolute Gasteiger partial charge is 0.408 e. The van der Waals surface area contributed by atoms with Crippen LogP contribution >= 0.6 is 0 Å². The van der Waals surface area contributed by atoms with Crippen molar-refractivity contribution in [1.82, 2.24) is 5.32 Å². The van der Waals surface area contributed by atoms with E-state index in [1.54, 1.807) is 83.1 Å². The van der Waals surface area contributed by atoms with Gasteiger partial charge < -0.3 is 49.1 Å². The molecule has 2 unspecified atom stereocenters. The van der Waals surface area contributed by atoms with Crippen molar-refractivity contribution in [3.05, 3.63) is 82.9 Å². The normalized spacial score (nSPS) is 30.1. The average Bonchev–Trinajstić information content (AvgIpc) is 3.28. The monoisotopic (exact) mass is 961 g/mol. The van der Waals surface area contributed by atoms with Crippen LogP contribution in [0.4, 0.5) is 4.79 Å². The molecule has 1 saturated heterocycles. The number of Topliss-reactive ketones (excluding diaryl/α,β-unsaturated/α-hetero) is 1. The van der Waals surface area contributed by atoms with Gasteiger partial charge in [-0.3, -0.25) is 14.4 Å². The lowest BCUT2D eigenvalue weighted by Crippen LogP contribution is -2.81. The summed E-state index contributed by atoms with van der Waals surface area (Å²) in [5, 5.41) is 40.9. The molecule has 0 radical (unpaired) electrons. The molecule has 1 amide bonds. The summed E-state index contributed by atoms with van der Waals surface area (Å²) < 4.78 is 36.3. The average molecular weight is 962 g/mol. The molecule has 4 aliphatic rings. The van der Waals surface area contributed by atoms with Crippen molar-refractivity contribution in [3.63, 3.8) is 0 Å². The second-order valence-electron chi connectivity index (χ2n) is 20.9. The highest BCUT2D eigenvalue weighted by atomic mass is 16.6. The topological polar surface area (TPSA) is 231 Å². The Morgan fingerprint density at radius 3 is 2.07 bits per heavy atom. The van der Waals surface area contributed by atoms with E-state index in [9.17, 15) is 34.5 Å². The molecule has 4 N–H and O–H groups in total. The fraction of sp³-hybridized carbons (Fsp3) is 0.623. The van der Waals surface area contributed by atoms with Crippen LogP contribution in [0.1, 0.15) is 148 Å². The molecular weight excluding hydrogens is 891 g/mol. The van der Waals surface area contributed by atoms with Crippen molar-refractivity contribution < 1.29 is 72.5 Å². The number of hydrogen-bond acceptors (Lipinski definition) is 15. The number of alkyl carbamates (subject to hydrolysis) is 1. The Morgan fingerprint density at radius 2 is 1.49 bits per heavy atom. The number of unbranched alkanes of at least 4 members (excludes halogenated alkanes) is 6. The van der Waals surface area contributed by atoms with E-state index in [0.717, 1.165) is 45.4 Å². The summed E-state index contributed by atoms with van der Waals surface area (Å²) >= 11 is 0. The predicted octanol–water partition coefficient (Wildman–Crippen LogP) is 6.95. The van der Waals surface area contributed by atoms with Gasteiger partial charge in [-0.25, -0.2) is 14.4 Å². The summed E-state index contributed by atoms with van der Waals surface area (Å²) in [5.74, 6) is -6.06. The van der Waals surface area contributed by atoms with Crippen LogP contribution in [-0.4, -0.2) is 111 Å². The van der Waals surface area contributed by atoms with Gasteiger partial charge in [0.25, 0.3) is 0 Å². The summed E-state index contributed by atoms with van der Waals surface area (Å²) in [7, 11) is 0. The Bertz CT molecular complexity index is 2240. The number of fused-ring (bicyclic) bond motifs is 5. The van der Waals surface area contributed by atoms with Gasteiger partial charge in [-0.2, -0.15) is 0 Å². The van der Waals surface area contributed by atoms with Crippen molar-refractivity contribution in [2.24, 2.45) is 16.7 Å². The summed E-state index contributed by atoms with van der Waals surface area (Å²) in [6.07, 6.45) is -5.08. The third-order valence-corrected chi connectivity index (χ3v) is 14.8. The second-order valence-corrected chi connectivity index (χ2v) is 20.9. The van der Waals surface area contributed by atoms with Crippen LogP contribution in [0.5, 0.6) is 0 Å². The summed E-state index contributed by atoms with van der Waals surface area (Å²) in [4.78, 5) is 84.9. The van der Waals surface area contributed by atoms with Gasteiger partial charge in [0.1, 0.15) is 41.7 Å². The fourth-order valence-corrected chi connectivity index (χ4v) is 11.1. The molecule has 2 bridgehead atoms. The first-order valence-corrected chi connectivity index (χ1v) is 24.3. The molecule has 1 aliphatic heterocycles. The Labute approximate surface area is 404 Å². The van der Waals surface area contributed by atoms with Gasteiger partial charge in [0, 0.05) is 31.6 Å². The number of carbonyl (C=O) groups is 6. The fourth-order valence-electron chi connectivity index (χ4n) is 11.1. The molecule has 0 spiro atoms. The van der Waals surface area contributed by atoms with Crippen molar-refractivity contribution in [3.8, 4) is 0 Å². The quantitative estimate of drug-likeness (QED) is 0.0544. The number of hydrogen-bond donors (Lipinski definition) is 4. The molecule has 2 saturated carbocycles. The maximum absolute atomic E-state index is 15.2. The SMILES string of the molecule is CCCCCCCCCC(=O)O[C@@H](C(=O)O[C@H]1C[C@@]2(O)C(OC(=O)c3ccccc3)C3[C@](C)(C(=O)[C@H](O)C(=C1C)C2(C)C)[C@@H](O)C[C@H]1OC[C@@]31OC(C)=O)[C@@H](NC(=O)OC(C)(C)C)c1ccccc1. The number of ether oxygens (including phenoxy) is 6. The van der Waals surface area contributed by atoms with Crippen LogP contribution in [0.3, 0.4) is 0 Å². The Kier molecular flexibility index (Phi) is 16.2. The van der Waals surface area contributed by atoms with Gasteiger partial charge >= 0.3 is 30.0 Å². The van der Waals surface area contributed by atoms with Crippen molar-refractivity contribution in [2.45, 2.75) is 186 Å². The molecule has 11 atom stereocenters. The van der Waals surface area contributed by atoms with Crippen LogP contribution in [0, 0.1) is 16.7 Å². The summed E-state index contributed by atoms with van der Waals surface area (Å²) in [5.41, 5.74) is -8.31. The predicted molar refractivity (Wildman–Crippen MR) is 250 cm³/mol. The van der Waals surface area contributed by atoms with Gasteiger partial charge in [-0.05, 0) is 69.9 Å². The molecule has 1 heterocycles. The Morgan fingerprint density at radius 1 is 0.884 bits per heavy atom. The van der Waals surface area contributed by atoms with Crippen molar-refractivity contribution in [1.29, 1.82) is 0 Å². The molecule has 2 aromatic carbocycles. The third kappa shape index (κ3) is 10.6. The zero-order valence-electron chi connectivity index (χ0n) is 41.4. The standard InChI is InChI=1S/C53H71NO15/c1-10-11-12-13-14-15-22-27-38(57)66-42(40(33-23-18-16-19-24-33)54-48(62)69-49(4,5)6)47(61)65-35-29-53(63)45(67-46(60)34-25-20-17-21-26-34)43-51(9,44(59)41(58)39(31(35)2)50(53,7)8)36(56)28-37-52(43,30-64-37)68-32(3)55/h16-21,23-26,35-37,40-43,45,56,58,63H,10-15,22,27-30H2,1-9H3,(H,54,62)/t35-,36-,37+,40-,41+,42+,43?,45?,51+,52-,53+/m0/s1. The minimum absolute atomic E-state index is 0.0461. The molecule has 69 heavy (non-hydrogen) atoms. The lowest BCUT2D eigenvalue weighted by molar-refractivity contribution is -0.346. The van der Waals surface area contributed by atoms with Gasteiger partial charge in [0.15, 0.2) is 11.4 Å². The first kappa shape index (κ1) is 53.2. The first-order chi connectivity index (χ1) is 32.4. The van der Waals surface area contributed by atoms with Crippen molar-refractivity contribution >= 4 is 35.8 Å². The van der Waals surface area contributed by atoms with Crippen LogP contribution in [0.25, 0.3) is 0 Å². The summed E-state index contributed by atoms with van der Waals surface area (Å²) in [6.45, 7) is 14.0. The second kappa shape index (κ2) is 21.1. The summed E-state index contributed by atoms with van der Waals surface area (Å²) in [6, 6.07) is 14.9. The van der Waals surface area contributed by atoms with Gasteiger partial charge in [-0.15, -0.1) is 0 Å². The number of benzene rings is 2. The third-order valence-electron chi connectivity index (χ3n) is 14.8. The number of rotatable bonds is 17. The minimum Gasteiger partial charge on any atom is -0.455 e. The van der Waals surface area contributed by atoms with Gasteiger partial charge in [0.05, 0.1) is 29.6 Å². The van der Waals surface area contributed by atoms with Crippen LogP contribution < -0.4 is 5.32 Å². The molecule has 378 valence electrons. The molecule has 16 heteroatoms. The molecule has 3 aliphatic carbocycles. The number of esters is 4. The number of nitrogens with one attached hydrogen (secondary N) is 1. The Hall–Kier alpha value is -5.16. The molecule has 3 fully saturated rings. The lowest BCUT2D eigenvalue weighted by atomic mass is 9.44. The molecular formula is C53H71NO15. The van der Waals surface area contributed by atoms with E-state index in [-0.39, 0.29) is 36.2 Å². The highest BCUT2D eigenvalue weighted by molar-refractivity contribution is 5.94.